The molecule has 0 heterocycles. The molecule has 0 aliphatic heterocycles. The number of sulfonamides is 1. The van der Waals surface area contributed by atoms with Gasteiger partial charge in [-0.2, -0.15) is 0 Å². The van der Waals surface area contributed by atoms with E-state index in [1.54, 1.807) is 49.4 Å². The summed E-state index contributed by atoms with van der Waals surface area (Å²) >= 11 is 12.4. The van der Waals surface area contributed by atoms with Crippen LogP contribution in [0.15, 0.2) is 42.5 Å². The van der Waals surface area contributed by atoms with E-state index in [-0.39, 0.29) is 43.8 Å². The summed E-state index contributed by atoms with van der Waals surface area (Å²) in [5.41, 5.74) is 1.16. The van der Waals surface area contributed by atoms with Crippen molar-refractivity contribution in [3.63, 3.8) is 0 Å². The quantitative estimate of drug-likeness (QED) is 0.333. The monoisotopic (exact) mass is 597 g/mol. The summed E-state index contributed by atoms with van der Waals surface area (Å²) in [6.07, 6.45) is 5.47. The molecule has 1 fully saturated rings. The maximum absolute atomic E-state index is 13.5. The summed E-state index contributed by atoms with van der Waals surface area (Å²) in [7, 11) is -3.59. The average molecular weight is 599 g/mol. The molecule has 11 heteroatoms. The molecule has 214 valence electrons. The van der Waals surface area contributed by atoms with Gasteiger partial charge in [0, 0.05) is 35.6 Å². The van der Waals surface area contributed by atoms with Crippen molar-refractivity contribution in [1.82, 2.24) is 10.2 Å². The highest BCUT2D eigenvalue weighted by Gasteiger charge is 2.29. The molecule has 1 saturated carbocycles. The molecule has 1 atom stereocenters. The molecular weight excluding hydrogens is 561 g/mol. The smallest absolute Gasteiger partial charge is 0.242 e. The first-order chi connectivity index (χ1) is 18.5. The maximum atomic E-state index is 13.5. The molecule has 1 N–H and O–H groups in total. The Hall–Kier alpha value is -2.49. The van der Waals surface area contributed by atoms with Crippen LogP contribution in [0.4, 0.5) is 5.69 Å². The molecule has 0 spiro atoms. The standard InChI is InChI=1S/C28H37Cl2N3O5S/c1-4-38-25-15-13-24(14-16-25)33(39(3,36)37)17-7-10-27(34)32(19-21-11-12-22(29)18-26(21)30)20(2)28(35)31-23-8-5-6-9-23/h11-16,18,20,23H,4-10,17,19H2,1-3H3,(H,31,35). The van der Waals surface area contributed by atoms with Crippen molar-refractivity contribution < 1.29 is 22.7 Å². The lowest BCUT2D eigenvalue weighted by atomic mass is 10.1. The molecule has 8 nitrogen and oxygen atoms in total. The van der Waals surface area contributed by atoms with Gasteiger partial charge >= 0.3 is 0 Å². The number of carbonyl (C=O) groups excluding carboxylic acids is 2. The number of ether oxygens (including phenoxy) is 1. The zero-order chi connectivity index (χ0) is 28.6. The summed E-state index contributed by atoms with van der Waals surface area (Å²) in [6.45, 7) is 4.32. The molecular formula is C28H37Cl2N3O5S. The van der Waals surface area contributed by atoms with Crippen molar-refractivity contribution in [1.29, 1.82) is 0 Å². The SMILES string of the molecule is CCOc1ccc(N(CCCC(=O)N(Cc2ccc(Cl)cc2Cl)C(C)C(=O)NC2CCCC2)S(C)(=O)=O)cc1. The second kappa shape index (κ2) is 14.2. The Morgan fingerprint density at radius 3 is 2.36 bits per heavy atom. The van der Waals surface area contributed by atoms with Crippen LogP contribution in [0, 0.1) is 0 Å². The van der Waals surface area contributed by atoms with Crippen LogP contribution >= 0.6 is 23.2 Å². The fourth-order valence-electron chi connectivity index (χ4n) is 4.69. The van der Waals surface area contributed by atoms with E-state index in [0.717, 1.165) is 31.9 Å². The largest absolute Gasteiger partial charge is 0.494 e. The number of rotatable bonds is 13. The average Bonchev–Trinajstić information content (AvgIpc) is 3.39. The number of amides is 2. The molecule has 1 aliphatic carbocycles. The Kier molecular flexibility index (Phi) is 11.3. The fraction of sp³-hybridized carbons (Fsp3) is 0.500. The zero-order valence-electron chi connectivity index (χ0n) is 22.7. The number of benzene rings is 2. The van der Waals surface area contributed by atoms with Gasteiger partial charge in [0.2, 0.25) is 21.8 Å². The summed E-state index contributed by atoms with van der Waals surface area (Å²) < 4.78 is 31.8. The van der Waals surface area contributed by atoms with E-state index in [1.165, 1.54) is 9.21 Å². The number of halogens is 2. The normalized spacial score (nSPS) is 14.6. The molecule has 39 heavy (non-hydrogen) atoms. The predicted octanol–water partition coefficient (Wildman–Crippen LogP) is 5.41. The van der Waals surface area contributed by atoms with Crippen LogP contribution < -0.4 is 14.4 Å². The molecule has 0 saturated heterocycles. The van der Waals surface area contributed by atoms with Crippen LogP contribution in [0.2, 0.25) is 10.0 Å². The van der Waals surface area contributed by atoms with Crippen molar-refractivity contribution in [3.05, 3.63) is 58.1 Å². The van der Waals surface area contributed by atoms with Crippen LogP contribution in [-0.2, 0) is 26.2 Å². The molecule has 0 aromatic heterocycles. The Morgan fingerprint density at radius 1 is 1.10 bits per heavy atom. The van der Waals surface area contributed by atoms with E-state index in [2.05, 4.69) is 5.32 Å². The lowest BCUT2D eigenvalue weighted by Gasteiger charge is -2.30. The third-order valence-corrected chi connectivity index (χ3v) is 8.59. The van der Waals surface area contributed by atoms with E-state index < -0.39 is 16.1 Å². The second-order valence-electron chi connectivity index (χ2n) is 9.79. The minimum Gasteiger partial charge on any atom is -0.494 e. The maximum Gasteiger partial charge on any atom is 0.242 e. The van der Waals surface area contributed by atoms with Crippen molar-refractivity contribution in [2.45, 2.75) is 71.0 Å². The summed E-state index contributed by atoms with van der Waals surface area (Å²) in [5.74, 6) is 0.161. The molecule has 2 aromatic carbocycles. The topological polar surface area (TPSA) is 96.0 Å². The molecule has 0 bridgehead atoms. The van der Waals surface area contributed by atoms with Gasteiger partial charge in [0.05, 0.1) is 18.6 Å². The number of hydrogen-bond acceptors (Lipinski definition) is 5. The number of anilines is 1. The van der Waals surface area contributed by atoms with Gasteiger partial charge in [-0.25, -0.2) is 8.42 Å². The van der Waals surface area contributed by atoms with Crippen molar-refractivity contribution in [2.75, 3.05) is 23.7 Å². The van der Waals surface area contributed by atoms with Crippen LogP contribution in [0.5, 0.6) is 5.75 Å². The van der Waals surface area contributed by atoms with Crippen molar-refractivity contribution in [2.24, 2.45) is 0 Å². The van der Waals surface area contributed by atoms with Crippen LogP contribution in [-0.4, -0.2) is 56.6 Å². The van der Waals surface area contributed by atoms with Gasteiger partial charge in [0.25, 0.3) is 0 Å². The Bertz CT molecular complexity index is 1230. The van der Waals surface area contributed by atoms with Gasteiger partial charge in [0.1, 0.15) is 11.8 Å². The molecule has 2 aromatic rings. The van der Waals surface area contributed by atoms with Crippen LogP contribution in [0.25, 0.3) is 0 Å². The Morgan fingerprint density at radius 2 is 1.77 bits per heavy atom. The zero-order valence-corrected chi connectivity index (χ0v) is 25.0. The van der Waals surface area contributed by atoms with E-state index in [1.807, 2.05) is 6.92 Å². The Labute approximate surface area is 241 Å². The highest BCUT2D eigenvalue weighted by molar-refractivity contribution is 7.92. The first-order valence-electron chi connectivity index (χ1n) is 13.2. The summed E-state index contributed by atoms with van der Waals surface area (Å²) in [5, 5.41) is 3.95. The minimum absolute atomic E-state index is 0.0509. The number of nitrogens with one attached hydrogen (secondary N) is 1. The molecule has 0 radical (unpaired) electrons. The predicted molar refractivity (Wildman–Crippen MR) is 156 cm³/mol. The van der Waals surface area contributed by atoms with Gasteiger partial charge in [-0.1, -0.05) is 42.1 Å². The lowest BCUT2D eigenvalue weighted by molar-refractivity contribution is -0.140. The second-order valence-corrected chi connectivity index (χ2v) is 12.5. The molecule has 2 amide bonds. The van der Waals surface area contributed by atoms with Crippen molar-refractivity contribution in [3.8, 4) is 5.75 Å². The Balaban J connectivity index is 1.73. The van der Waals surface area contributed by atoms with Gasteiger partial charge < -0.3 is 15.0 Å². The molecule has 1 aliphatic rings. The van der Waals surface area contributed by atoms with Gasteiger partial charge in [-0.15, -0.1) is 0 Å². The fourth-order valence-corrected chi connectivity index (χ4v) is 6.12. The summed E-state index contributed by atoms with van der Waals surface area (Å²) in [4.78, 5) is 28.1. The van der Waals surface area contributed by atoms with Crippen LogP contribution in [0.3, 0.4) is 0 Å². The van der Waals surface area contributed by atoms with Gasteiger partial charge in [-0.05, 0) is 75.1 Å². The number of nitrogens with zero attached hydrogens (tertiary/aromatic N) is 2. The molecule has 3 rings (SSSR count). The summed E-state index contributed by atoms with van der Waals surface area (Å²) in [6, 6.07) is 11.2. The van der Waals surface area contributed by atoms with E-state index in [9.17, 15) is 18.0 Å². The third kappa shape index (κ3) is 9.01. The highest BCUT2D eigenvalue weighted by Crippen LogP contribution is 2.25. The van der Waals surface area contributed by atoms with E-state index >= 15 is 0 Å². The molecule has 1 unspecified atom stereocenters. The number of carbonyl (C=O) groups is 2. The third-order valence-electron chi connectivity index (χ3n) is 6.81. The minimum atomic E-state index is -3.59. The lowest BCUT2D eigenvalue weighted by Crippen LogP contribution is -2.49. The highest BCUT2D eigenvalue weighted by atomic mass is 35.5. The number of hydrogen-bond donors (Lipinski definition) is 1. The van der Waals surface area contributed by atoms with E-state index in [4.69, 9.17) is 27.9 Å². The van der Waals surface area contributed by atoms with Gasteiger partial charge in [-0.3, -0.25) is 13.9 Å². The van der Waals surface area contributed by atoms with Gasteiger partial charge in [0.15, 0.2) is 0 Å². The first-order valence-corrected chi connectivity index (χ1v) is 15.8. The first kappa shape index (κ1) is 31.0. The van der Waals surface area contributed by atoms with Crippen molar-refractivity contribution >= 4 is 50.7 Å². The van der Waals surface area contributed by atoms with Crippen LogP contribution in [0.1, 0.15) is 57.9 Å². The van der Waals surface area contributed by atoms with E-state index in [0.29, 0.717) is 33.7 Å².